The summed E-state index contributed by atoms with van der Waals surface area (Å²) in [7, 11) is 0. The smallest absolute Gasteiger partial charge is 0.318 e. The summed E-state index contributed by atoms with van der Waals surface area (Å²) >= 11 is 6.69. The molecule has 0 spiro atoms. The van der Waals surface area contributed by atoms with Crippen molar-refractivity contribution < 1.29 is 9.84 Å². The molecular formula is C25H30ClN7O2. The maximum absolute atomic E-state index is 9.48. The van der Waals surface area contributed by atoms with Gasteiger partial charge in [0, 0.05) is 55.8 Å². The molecule has 1 fully saturated rings. The quantitative estimate of drug-likeness (QED) is 0.405. The van der Waals surface area contributed by atoms with Gasteiger partial charge in [-0.3, -0.25) is 4.98 Å². The summed E-state index contributed by atoms with van der Waals surface area (Å²) in [6.07, 6.45) is 6.27. The van der Waals surface area contributed by atoms with Crippen LogP contribution in [0, 0.1) is 0 Å². The van der Waals surface area contributed by atoms with E-state index < -0.39 is 0 Å². The fourth-order valence-electron chi connectivity index (χ4n) is 4.73. The molecule has 2 aliphatic rings. The molecule has 3 atom stereocenters. The van der Waals surface area contributed by atoms with Crippen LogP contribution < -0.4 is 20.7 Å². The number of aliphatic hydroxyl groups is 1. The second kappa shape index (κ2) is 10.2. The summed E-state index contributed by atoms with van der Waals surface area (Å²) < 4.78 is 5.89. The zero-order valence-corrected chi connectivity index (χ0v) is 20.4. The zero-order chi connectivity index (χ0) is 24.4. The molecule has 0 amide bonds. The van der Waals surface area contributed by atoms with Crippen LogP contribution in [0.4, 0.5) is 17.3 Å². The summed E-state index contributed by atoms with van der Waals surface area (Å²) in [5.41, 5.74) is 9.46. The number of anilines is 3. The van der Waals surface area contributed by atoms with Gasteiger partial charge < -0.3 is 25.8 Å². The minimum Gasteiger partial charge on any atom is -0.460 e. The lowest BCUT2D eigenvalue weighted by Gasteiger charge is -2.28. The Hall–Kier alpha value is -3.17. The third-order valence-electron chi connectivity index (χ3n) is 6.68. The Morgan fingerprint density at radius 3 is 2.89 bits per heavy atom. The van der Waals surface area contributed by atoms with Crippen LogP contribution in [0.3, 0.4) is 0 Å². The van der Waals surface area contributed by atoms with E-state index in [1.165, 1.54) is 0 Å². The normalized spacial score (nSPS) is 18.0. The van der Waals surface area contributed by atoms with E-state index in [0.717, 1.165) is 54.4 Å². The predicted octanol–water partition coefficient (Wildman–Crippen LogP) is 3.89. The molecule has 9 nitrogen and oxygen atoms in total. The number of nitrogen functional groups attached to an aromatic ring is 1. The van der Waals surface area contributed by atoms with Crippen LogP contribution in [0.1, 0.15) is 44.2 Å². The number of ether oxygens (including phenoxy) is 1. The summed E-state index contributed by atoms with van der Waals surface area (Å²) in [4.78, 5) is 20.1. The number of fused-ring (bicyclic) bond motifs is 4. The molecule has 3 aromatic rings. The first-order valence-corrected chi connectivity index (χ1v) is 12.4. The molecule has 10 heteroatoms. The highest BCUT2D eigenvalue weighted by Crippen LogP contribution is 2.40. The Kier molecular flexibility index (Phi) is 6.88. The topological polar surface area (TPSA) is 122 Å². The fraction of sp³-hybridized carbons (Fsp3) is 0.440. The molecule has 2 aliphatic heterocycles. The van der Waals surface area contributed by atoms with Gasteiger partial charge in [-0.25, -0.2) is 9.97 Å². The number of nitrogens with two attached hydrogens (primary N) is 1. The van der Waals surface area contributed by atoms with E-state index in [4.69, 9.17) is 27.1 Å². The van der Waals surface area contributed by atoms with Crippen molar-refractivity contribution >= 4 is 28.9 Å². The molecule has 3 unspecified atom stereocenters. The first-order valence-electron chi connectivity index (χ1n) is 12.0. The van der Waals surface area contributed by atoms with Crippen LogP contribution in [0.2, 0.25) is 5.02 Å². The van der Waals surface area contributed by atoms with Gasteiger partial charge in [0.2, 0.25) is 0 Å². The average molecular weight is 496 g/mol. The maximum atomic E-state index is 9.48. The Bertz CT molecular complexity index is 1190. The second-order valence-corrected chi connectivity index (χ2v) is 9.63. The molecular weight excluding hydrogens is 466 g/mol. The molecule has 5 rings (SSSR count). The van der Waals surface area contributed by atoms with Crippen LogP contribution in [0.15, 0.2) is 36.7 Å². The number of nitrogens with zero attached hydrogens (tertiary/aromatic N) is 5. The number of pyridine rings is 2. The molecule has 5 heterocycles. The van der Waals surface area contributed by atoms with Crippen molar-refractivity contribution in [3.63, 3.8) is 0 Å². The van der Waals surface area contributed by atoms with Crippen molar-refractivity contribution in [3.05, 3.63) is 47.4 Å². The first-order chi connectivity index (χ1) is 17.0. The molecule has 0 saturated carbocycles. The van der Waals surface area contributed by atoms with Gasteiger partial charge in [0.05, 0.1) is 16.4 Å². The van der Waals surface area contributed by atoms with E-state index in [0.29, 0.717) is 29.7 Å². The van der Waals surface area contributed by atoms with Gasteiger partial charge in [-0.2, -0.15) is 4.98 Å². The summed E-state index contributed by atoms with van der Waals surface area (Å²) in [5, 5.41) is 13.7. The summed E-state index contributed by atoms with van der Waals surface area (Å²) in [6, 6.07) is 8.31. The molecule has 4 N–H and O–H groups in total. The Labute approximate surface area is 209 Å². The van der Waals surface area contributed by atoms with E-state index >= 15 is 0 Å². The van der Waals surface area contributed by atoms with Crippen molar-refractivity contribution in [1.82, 2.24) is 19.9 Å². The van der Waals surface area contributed by atoms with E-state index in [1.54, 1.807) is 12.3 Å². The van der Waals surface area contributed by atoms with Crippen molar-refractivity contribution in [2.24, 2.45) is 0 Å². The average Bonchev–Trinajstić information content (AvgIpc) is 3.25. The molecule has 1 saturated heterocycles. The fourth-order valence-corrected chi connectivity index (χ4v) is 4.99. The van der Waals surface area contributed by atoms with Crippen molar-refractivity contribution in [1.29, 1.82) is 0 Å². The maximum Gasteiger partial charge on any atom is 0.318 e. The number of halogens is 1. The first kappa shape index (κ1) is 23.6. The van der Waals surface area contributed by atoms with Crippen LogP contribution >= 0.6 is 11.6 Å². The number of rotatable bonds is 9. The van der Waals surface area contributed by atoms with E-state index in [2.05, 4.69) is 38.2 Å². The van der Waals surface area contributed by atoms with Crippen LogP contribution in [-0.2, 0) is 0 Å². The number of hydrogen-bond donors (Lipinski definition) is 3. The highest BCUT2D eigenvalue weighted by molar-refractivity contribution is 6.33. The van der Waals surface area contributed by atoms with Gasteiger partial charge in [0.1, 0.15) is 11.9 Å². The monoisotopic (exact) mass is 495 g/mol. The Morgan fingerprint density at radius 2 is 2.06 bits per heavy atom. The minimum absolute atomic E-state index is 0.0178. The number of nitrogens with one attached hydrogen (secondary N) is 1. The van der Waals surface area contributed by atoms with Crippen molar-refractivity contribution in [3.8, 4) is 17.3 Å². The molecule has 0 aliphatic carbocycles. The van der Waals surface area contributed by atoms with Crippen LogP contribution in [0.25, 0.3) is 11.3 Å². The van der Waals surface area contributed by atoms with E-state index in [1.807, 2.05) is 18.3 Å². The molecule has 184 valence electrons. The third-order valence-corrected chi connectivity index (χ3v) is 6.97. The van der Waals surface area contributed by atoms with Gasteiger partial charge in [0.15, 0.2) is 5.82 Å². The largest absolute Gasteiger partial charge is 0.460 e. The SMILES string of the molecule is CC(CCC(CCO)Oc1nccc(N)n1)c1cc(-c2nc3c(cc2Cl)N2CCC(C2)N3)ccn1. The van der Waals surface area contributed by atoms with Crippen molar-refractivity contribution in [2.45, 2.75) is 50.7 Å². The third kappa shape index (κ3) is 5.26. The van der Waals surface area contributed by atoms with Gasteiger partial charge >= 0.3 is 6.01 Å². The summed E-state index contributed by atoms with van der Waals surface area (Å²) in [5.74, 6) is 1.41. The lowest BCUT2D eigenvalue weighted by atomic mass is 9.96. The van der Waals surface area contributed by atoms with E-state index in [-0.39, 0.29) is 24.6 Å². The minimum atomic E-state index is -0.222. The van der Waals surface area contributed by atoms with Gasteiger partial charge in [-0.05, 0) is 49.4 Å². The van der Waals surface area contributed by atoms with Crippen LogP contribution in [-0.4, -0.2) is 56.9 Å². The summed E-state index contributed by atoms with van der Waals surface area (Å²) in [6.45, 7) is 4.19. The predicted molar refractivity (Wildman–Crippen MR) is 137 cm³/mol. The molecule has 0 radical (unpaired) electrons. The van der Waals surface area contributed by atoms with Gasteiger partial charge in [0.25, 0.3) is 0 Å². The Balaban J connectivity index is 1.29. The number of aromatic nitrogens is 4. The second-order valence-electron chi connectivity index (χ2n) is 9.23. The Morgan fingerprint density at radius 1 is 1.20 bits per heavy atom. The van der Waals surface area contributed by atoms with Gasteiger partial charge in [-0.15, -0.1) is 0 Å². The standard InChI is InChI=1S/C25H30ClN7O2/c1-15(2-3-18(7-11-34)35-25-29-9-5-22(27)31-25)20-12-16(4-8-28-20)23-19(26)13-21-24(32-23)30-17-6-10-33(21)14-17/h4-5,8-9,12-13,15,17-18,34H,2-3,6-7,10-11,14H2,1H3,(H,30,32)(H2,27,29,31). The number of hydrogen-bond acceptors (Lipinski definition) is 9. The highest BCUT2D eigenvalue weighted by atomic mass is 35.5. The van der Waals surface area contributed by atoms with Gasteiger partial charge in [-0.1, -0.05) is 18.5 Å². The highest BCUT2D eigenvalue weighted by Gasteiger charge is 2.31. The molecule has 35 heavy (non-hydrogen) atoms. The number of aliphatic hydroxyl groups excluding tert-OH is 1. The molecule has 2 bridgehead atoms. The van der Waals surface area contributed by atoms with Crippen LogP contribution in [0.5, 0.6) is 6.01 Å². The lowest BCUT2D eigenvalue weighted by molar-refractivity contribution is 0.132. The zero-order valence-electron chi connectivity index (χ0n) is 19.7. The van der Waals surface area contributed by atoms with Crippen molar-refractivity contribution in [2.75, 3.05) is 35.6 Å². The lowest BCUT2D eigenvalue weighted by Crippen LogP contribution is -2.32. The van der Waals surface area contributed by atoms with E-state index in [9.17, 15) is 5.11 Å². The molecule has 0 aromatic carbocycles. The molecule has 3 aromatic heterocycles.